The first kappa shape index (κ1) is 50.7. The number of hydrogen-bond acceptors (Lipinski definition) is 10. The fraction of sp³-hybridized carbons (Fsp3) is 0.276. The van der Waals surface area contributed by atoms with Gasteiger partial charge in [-0.2, -0.15) is 9.36 Å². The first-order valence-corrected chi connectivity index (χ1v) is 26.4. The fourth-order valence-electron chi connectivity index (χ4n) is 9.94. The quantitative estimate of drug-likeness (QED) is 0.105. The Morgan fingerprint density at radius 3 is 1.17 bits per heavy atom. The van der Waals surface area contributed by atoms with Crippen molar-refractivity contribution in [2.75, 3.05) is 65.4 Å². The van der Waals surface area contributed by atoms with Crippen molar-refractivity contribution in [3.8, 4) is 11.4 Å². The largest absolute Gasteiger partial charge is 0.297 e. The Balaban J connectivity index is 0.000000178. The zero-order chi connectivity index (χ0) is 49.8. The van der Waals surface area contributed by atoms with E-state index in [4.69, 9.17) is 0 Å². The van der Waals surface area contributed by atoms with Gasteiger partial charge in [0.15, 0.2) is 11.6 Å². The van der Waals surface area contributed by atoms with E-state index in [1.54, 1.807) is 0 Å². The van der Waals surface area contributed by atoms with E-state index in [-0.39, 0.29) is 12.1 Å². The lowest BCUT2D eigenvalue weighted by Gasteiger charge is -2.38. The van der Waals surface area contributed by atoms with Crippen LogP contribution in [-0.2, 0) is 0 Å². The van der Waals surface area contributed by atoms with Crippen LogP contribution in [0.3, 0.4) is 0 Å². The van der Waals surface area contributed by atoms with Gasteiger partial charge in [-0.05, 0) is 117 Å². The topological polar surface area (TPSA) is 100 Å². The van der Waals surface area contributed by atoms with Crippen LogP contribution in [0.1, 0.15) is 68.2 Å². The molecule has 2 aromatic heterocycles. The van der Waals surface area contributed by atoms with Gasteiger partial charge in [0.2, 0.25) is 0 Å². The molecule has 0 amide bonds. The van der Waals surface area contributed by atoms with Gasteiger partial charge < -0.3 is 0 Å². The lowest BCUT2D eigenvalue weighted by Crippen LogP contribution is -2.48. The zero-order valence-corrected chi connectivity index (χ0v) is 44.7. The van der Waals surface area contributed by atoms with E-state index >= 15 is 0 Å². The second-order valence-corrected chi connectivity index (χ2v) is 20.4. The van der Waals surface area contributed by atoms with Gasteiger partial charge in [0.1, 0.15) is 0 Å². The minimum atomic E-state index is -0.0430. The number of hydrogen-bond donors (Lipinski definition) is 0. The minimum absolute atomic E-state index is 0.0430. The molecule has 368 valence electrons. The van der Waals surface area contributed by atoms with E-state index in [2.05, 4.69) is 280 Å². The van der Waals surface area contributed by atoms with Gasteiger partial charge in [-0.15, -0.1) is 10.2 Å². The number of halogens is 2. The number of piperazine rings is 2. The number of aryl methyl sites for hydroxylation is 4. The van der Waals surface area contributed by atoms with Crippen molar-refractivity contribution >= 4 is 44.0 Å². The molecular weight excluding hydrogens is 1020 g/mol. The van der Waals surface area contributed by atoms with Crippen molar-refractivity contribution in [3.05, 3.63) is 223 Å². The monoisotopic (exact) mass is 1080 g/mol. The molecule has 0 spiro atoms. The zero-order valence-electron chi connectivity index (χ0n) is 41.5. The number of tetrazole rings is 2. The summed E-state index contributed by atoms with van der Waals surface area (Å²) in [4.78, 5) is 10.0. The molecule has 72 heavy (non-hydrogen) atoms. The van der Waals surface area contributed by atoms with Crippen LogP contribution in [0, 0.1) is 27.7 Å². The summed E-state index contributed by atoms with van der Waals surface area (Å²) in [5.74, 6) is 1.70. The molecule has 12 nitrogen and oxygen atoms in total. The van der Waals surface area contributed by atoms with Crippen LogP contribution in [0.4, 0.5) is 0 Å². The number of para-hydroxylation sites is 2. The molecule has 0 saturated carbocycles. The molecule has 6 aromatic carbocycles. The lowest BCUT2D eigenvalue weighted by molar-refractivity contribution is 0.113. The Hall–Kier alpha value is -6.26. The molecule has 4 heterocycles. The van der Waals surface area contributed by atoms with Gasteiger partial charge in [-0.1, -0.05) is 177 Å². The van der Waals surface area contributed by atoms with Crippen molar-refractivity contribution in [1.82, 2.24) is 60.0 Å². The molecule has 0 bridgehead atoms. The maximum Gasteiger partial charge on any atom is 0.178 e. The van der Waals surface area contributed by atoms with Crippen molar-refractivity contribution in [2.45, 2.75) is 39.8 Å². The molecule has 2 atom stereocenters. The molecule has 10 rings (SSSR count). The number of aromatic nitrogens is 8. The molecule has 2 aliphatic heterocycles. The SMILES string of the molecule is Cc1cccc(C)c1-n1nnnc1[C@@H](c1cccc(Br)c1)N1CCN(C/C=C/c2ccccc2)CC1.Cc1cccc(C)c1-n1nnnc1[C@H](c1cccc(Br)c1)N1CCN(C/C=C/c2ccccc2)CC1. The van der Waals surface area contributed by atoms with Gasteiger partial charge in [-0.3, -0.25) is 19.6 Å². The van der Waals surface area contributed by atoms with Crippen LogP contribution >= 0.6 is 31.9 Å². The number of benzene rings is 6. The summed E-state index contributed by atoms with van der Waals surface area (Å²) >= 11 is 7.34. The molecule has 0 aliphatic carbocycles. The van der Waals surface area contributed by atoms with E-state index in [0.717, 1.165) is 120 Å². The highest BCUT2D eigenvalue weighted by Gasteiger charge is 2.33. The molecule has 0 radical (unpaired) electrons. The summed E-state index contributed by atoms with van der Waals surface area (Å²) in [6.07, 6.45) is 8.93. The fourth-order valence-corrected chi connectivity index (χ4v) is 10.8. The third-order valence-corrected chi connectivity index (χ3v) is 14.6. The third-order valence-electron chi connectivity index (χ3n) is 13.6. The van der Waals surface area contributed by atoms with Gasteiger partial charge in [-0.25, -0.2) is 0 Å². The van der Waals surface area contributed by atoms with Crippen LogP contribution in [0.5, 0.6) is 0 Å². The highest BCUT2D eigenvalue weighted by Crippen LogP contribution is 2.34. The Kier molecular flexibility index (Phi) is 17.2. The second kappa shape index (κ2) is 24.4. The van der Waals surface area contributed by atoms with E-state index in [9.17, 15) is 0 Å². The van der Waals surface area contributed by atoms with Crippen molar-refractivity contribution in [1.29, 1.82) is 0 Å². The Bertz CT molecular complexity index is 2820. The Morgan fingerprint density at radius 2 is 0.806 bits per heavy atom. The molecule has 0 unspecified atom stereocenters. The van der Waals surface area contributed by atoms with Gasteiger partial charge in [0.05, 0.1) is 23.5 Å². The molecule has 2 aliphatic rings. The maximum atomic E-state index is 4.58. The van der Waals surface area contributed by atoms with E-state index in [1.165, 1.54) is 22.3 Å². The molecular formula is C58H62Br2N12. The summed E-state index contributed by atoms with van der Waals surface area (Å²) < 4.78 is 5.98. The van der Waals surface area contributed by atoms with Gasteiger partial charge in [0.25, 0.3) is 0 Å². The highest BCUT2D eigenvalue weighted by atomic mass is 79.9. The lowest BCUT2D eigenvalue weighted by atomic mass is 10.0. The Morgan fingerprint density at radius 1 is 0.444 bits per heavy atom. The maximum absolute atomic E-state index is 4.58. The van der Waals surface area contributed by atoms with E-state index in [0.29, 0.717) is 0 Å². The van der Waals surface area contributed by atoms with Crippen LogP contribution < -0.4 is 0 Å². The van der Waals surface area contributed by atoms with Crippen LogP contribution in [-0.4, -0.2) is 125 Å². The summed E-state index contributed by atoms with van der Waals surface area (Å²) in [6, 6.07) is 50.5. The van der Waals surface area contributed by atoms with Gasteiger partial charge in [0, 0.05) is 74.4 Å². The second-order valence-electron chi connectivity index (χ2n) is 18.6. The summed E-state index contributed by atoms with van der Waals surface area (Å²) in [5, 5.41) is 26.3. The molecule has 0 N–H and O–H groups in total. The van der Waals surface area contributed by atoms with E-state index < -0.39 is 0 Å². The summed E-state index contributed by atoms with van der Waals surface area (Å²) in [5.41, 5.74) is 11.6. The predicted octanol–water partition coefficient (Wildman–Crippen LogP) is 10.9. The van der Waals surface area contributed by atoms with Crippen molar-refractivity contribution < 1.29 is 0 Å². The minimum Gasteiger partial charge on any atom is -0.297 e. The number of rotatable bonds is 14. The van der Waals surface area contributed by atoms with Crippen molar-refractivity contribution in [2.24, 2.45) is 0 Å². The van der Waals surface area contributed by atoms with Crippen LogP contribution in [0.15, 0.2) is 167 Å². The normalized spacial score (nSPS) is 16.0. The standard InChI is InChI=1S/2C29H31BrN6/c2*1-22-9-6-10-23(2)27(22)36-29(31-32-33-36)28(25-14-7-15-26(30)21-25)35-19-17-34(18-20-35)16-8-13-24-11-4-3-5-12-24/h2*3-15,21,28H,16-20H2,1-2H3/b2*13-8+/t2*28-/m10/s1. The molecule has 8 aromatic rings. The van der Waals surface area contributed by atoms with E-state index in [1.807, 2.05) is 9.36 Å². The molecule has 2 fully saturated rings. The smallest absolute Gasteiger partial charge is 0.178 e. The average molecular weight is 1090 g/mol. The summed E-state index contributed by atoms with van der Waals surface area (Å²) in [7, 11) is 0. The Labute approximate surface area is 440 Å². The van der Waals surface area contributed by atoms with Gasteiger partial charge >= 0.3 is 0 Å². The molecule has 14 heteroatoms. The van der Waals surface area contributed by atoms with Crippen molar-refractivity contribution in [3.63, 3.8) is 0 Å². The first-order chi connectivity index (χ1) is 35.2. The first-order valence-electron chi connectivity index (χ1n) is 24.8. The third kappa shape index (κ3) is 12.5. The molecule has 2 saturated heterocycles. The van der Waals surface area contributed by atoms with Crippen LogP contribution in [0.25, 0.3) is 23.5 Å². The highest BCUT2D eigenvalue weighted by molar-refractivity contribution is 9.10. The number of nitrogens with zero attached hydrogens (tertiary/aromatic N) is 12. The van der Waals surface area contributed by atoms with Crippen LogP contribution in [0.2, 0.25) is 0 Å². The predicted molar refractivity (Wildman–Crippen MR) is 296 cm³/mol. The average Bonchev–Trinajstić information content (AvgIpc) is 4.06. The summed E-state index contributed by atoms with van der Waals surface area (Å²) in [6.45, 7) is 18.1.